The van der Waals surface area contributed by atoms with Gasteiger partial charge in [0.05, 0.1) is 18.0 Å². The van der Waals surface area contributed by atoms with Gasteiger partial charge in [-0.15, -0.1) is 0 Å². The predicted molar refractivity (Wildman–Crippen MR) is 120 cm³/mol. The molecule has 8 nitrogen and oxygen atoms in total. The van der Waals surface area contributed by atoms with Crippen molar-refractivity contribution in [3.8, 4) is 0 Å². The molecule has 1 fully saturated rings. The lowest BCUT2D eigenvalue weighted by Gasteiger charge is -2.38. The Balaban J connectivity index is 1.86. The maximum Gasteiger partial charge on any atom is 0.258 e. The van der Waals surface area contributed by atoms with Gasteiger partial charge in [-0.05, 0) is 37.6 Å². The fourth-order valence-electron chi connectivity index (χ4n) is 5.02. The number of pyridine rings is 2. The number of hydrogen-bond donors (Lipinski definition) is 2. The zero-order valence-electron chi connectivity index (χ0n) is 18.3. The number of fused-ring (bicyclic) bond motifs is 4. The molecule has 0 saturated carbocycles. The summed E-state index contributed by atoms with van der Waals surface area (Å²) in [5, 5.41) is 13.2. The Morgan fingerprint density at radius 3 is 2.66 bits per heavy atom. The minimum Gasteiger partial charge on any atom is -0.396 e. The first-order chi connectivity index (χ1) is 15.5. The molecule has 0 unspecified atom stereocenters. The lowest BCUT2D eigenvalue weighted by molar-refractivity contribution is -0.127. The van der Waals surface area contributed by atoms with Crippen molar-refractivity contribution in [3.05, 3.63) is 69.9 Å². The van der Waals surface area contributed by atoms with E-state index in [4.69, 9.17) is 0 Å². The number of nitrogens with zero attached hydrogens (tertiary/aromatic N) is 3. The van der Waals surface area contributed by atoms with Crippen molar-refractivity contribution in [2.45, 2.75) is 38.9 Å². The minimum absolute atomic E-state index is 0.155. The molecule has 1 saturated heterocycles. The fourth-order valence-corrected chi connectivity index (χ4v) is 5.02. The van der Waals surface area contributed by atoms with Gasteiger partial charge >= 0.3 is 0 Å². The average Bonchev–Trinajstić information content (AvgIpc) is 3.06. The second kappa shape index (κ2) is 9.08. The summed E-state index contributed by atoms with van der Waals surface area (Å²) < 4.78 is 1.66. The molecule has 4 atom stereocenters. The van der Waals surface area contributed by atoms with E-state index >= 15 is 0 Å². The Bertz CT molecular complexity index is 1090. The fraction of sp³-hybridized carbons (Fsp3) is 0.417. The number of aliphatic hydroxyl groups excluding tert-OH is 1. The maximum atomic E-state index is 13.6. The van der Waals surface area contributed by atoms with Gasteiger partial charge in [-0.3, -0.25) is 19.4 Å². The minimum atomic E-state index is -0.650. The molecule has 4 rings (SSSR count). The van der Waals surface area contributed by atoms with Crippen molar-refractivity contribution < 1.29 is 14.7 Å². The highest BCUT2D eigenvalue weighted by molar-refractivity contribution is 5.96. The van der Waals surface area contributed by atoms with Crippen molar-refractivity contribution in [2.24, 2.45) is 11.8 Å². The van der Waals surface area contributed by atoms with Crippen LogP contribution in [0.2, 0.25) is 0 Å². The number of hydrogen-bond acceptors (Lipinski definition) is 5. The Hall–Kier alpha value is -3.26. The number of aliphatic hydroxyl groups is 1. The van der Waals surface area contributed by atoms with Gasteiger partial charge in [0.25, 0.3) is 11.5 Å². The van der Waals surface area contributed by atoms with Gasteiger partial charge in [-0.25, -0.2) is 0 Å². The molecule has 2 aromatic heterocycles. The van der Waals surface area contributed by atoms with Crippen LogP contribution in [0, 0.1) is 11.8 Å². The number of aromatic nitrogens is 2. The molecule has 168 valence electrons. The van der Waals surface area contributed by atoms with E-state index < -0.39 is 23.9 Å². The van der Waals surface area contributed by atoms with Gasteiger partial charge in [0.15, 0.2) is 0 Å². The van der Waals surface area contributed by atoms with E-state index in [1.54, 1.807) is 52.2 Å². The summed E-state index contributed by atoms with van der Waals surface area (Å²) in [7, 11) is 0. The van der Waals surface area contributed by atoms with E-state index in [1.165, 1.54) is 0 Å². The molecule has 2 aliphatic heterocycles. The molecule has 2 aliphatic rings. The highest BCUT2D eigenvalue weighted by Crippen LogP contribution is 2.48. The molecule has 32 heavy (non-hydrogen) atoms. The molecule has 0 radical (unpaired) electrons. The van der Waals surface area contributed by atoms with Crippen LogP contribution in [-0.4, -0.2) is 50.6 Å². The number of nitrogens with one attached hydrogen (secondary N) is 1. The summed E-state index contributed by atoms with van der Waals surface area (Å²) >= 11 is 0. The molecule has 0 spiro atoms. The number of carbonyl (C=O) groups is 2. The number of carbonyl (C=O) groups excluding carboxylic acids is 2. The monoisotopic (exact) mass is 436 g/mol. The molecule has 8 heteroatoms. The van der Waals surface area contributed by atoms with Crippen molar-refractivity contribution >= 4 is 17.9 Å². The maximum absolute atomic E-state index is 13.6. The van der Waals surface area contributed by atoms with E-state index in [1.807, 2.05) is 19.9 Å². The molecule has 0 aromatic carbocycles. The van der Waals surface area contributed by atoms with Gasteiger partial charge in [-0.1, -0.05) is 19.1 Å². The summed E-state index contributed by atoms with van der Waals surface area (Å²) in [5.74, 6) is -1.57. The summed E-state index contributed by atoms with van der Waals surface area (Å²) in [4.78, 5) is 45.6. The van der Waals surface area contributed by atoms with E-state index in [9.17, 15) is 19.5 Å². The highest BCUT2D eigenvalue weighted by Gasteiger charge is 2.57. The van der Waals surface area contributed by atoms with E-state index in [0.29, 0.717) is 23.4 Å². The van der Waals surface area contributed by atoms with Crippen LogP contribution in [-0.2, 0) is 11.3 Å². The van der Waals surface area contributed by atoms with Crippen molar-refractivity contribution in [3.63, 3.8) is 0 Å². The van der Waals surface area contributed by atoms with Gasteiger partial charge < -0.3 is 19.9 Å². The summed E-state index contributed by atoms with van der Waals surface area (Å²) in [6, 6.07) is 5.71. The van der Waals surface area contributed by atoms with Crippen LogP contribution in [0.15, 0.2) is 47.5 Å². The van der Waals surface area contributed by atoms with Crippen LogP contribution in [0.25, 0.3) is 6.08 Å². The topological polar surface area (TPSA) is 105 Å². The van der Waals surface area contributed by atoms with E-state index in [-0.39, 0.29) is 30.5 Å². The molecule has 2 N–H and O–H groups in total. The summed E-state index contributed by atoms with van der Waals surface area (Å²) in [6.07, 6.45) is 7.43. The average molecular weight is 437 g/mol. The van der Waals surface area contributed by atoms with Crippen LogP contribution in [0.3, 0.4) is 0 Å². The highest BCUT2D eigenvalue weighted by atomic mass is 16.3. The lowest BCUT2D eigenvalue weighted by atomic mass is 9.86. The molecular weight excluding hydrogens is 408 g/mol. The molecular formula is C24H28N4O4. The van der Waals surface area contributed by atoms with Crippen molar-refractivity contribution in [1.29, 1.82) is 0 Å². The number of allylic oxidation sites excluding steroid dienone is 1. The Morgan fingerprint density at radius 2 is 2.00 bits per heavy atom. The number of rotatable bonds is 6. The first kappa shape index (κ1) is 22.0. The third-order valence-electron chi connectivity index (χ3n) is 6.43. The van der Waals surface area contributed by atoms with E-state index in [0.717, 1.165) is 6.42 Å². The summed E-state index contributed by atoms with van der Waals surface area (Å²) in [5.41, 5.74) is 1.48. The molecule has 4 heterocycles. The van der Waals surface area contributed by atoms with Crippen LogP contribution in [0.4, 0.5) is 0 Å². The standard InChI is InChI=1S/C24H28N4O4/c1-3-5-15-6-7-18-21-20(22(30)26-10-4-2)17(14-29)19(13-27(18)23(15)31)28(21)24(32)16-8-11-25-12-9-16/h3,5-9,11-12,17,19-21,29H,4,10,13-14H2,1-2H3,(H,26,30)/b5-3+/t17-,19-,20+,21+/m1/s1. The zero-order chi connectivity index (χ0) is 22.8. The largest absolute Gasteiger partial charge is 0.396 e. The van der Waals surface area contributed by atoms with Crippen LogP contribution >= 0.6 is 0 Å². The molecule has 2 aromatic rings. The Labute approximate surface area is 186 Å². The molecule has 2 amide bonds. The van der Waals surface area contributed by atoms with Crippen molar-refractivity contribution in [1.82, 2.24) is 19.8 Å². The smallest absolute Gasteiger partial charge is 0.258 e. The van der Waals surface area contributed by atoms with E-state index in [2.05, 4.69) is 10.3 Å². The second-order valence-corrected chi connectivity index (χ2v) is 8.25. The quantitative estimate of drug-likeness (QED) is 0.716. The first-order valence-electron chi connectivity index (χ1n) is 11.0. The van der Waals surface area contributed by atoms with Crippen LogP contribution in [0.5, 0.6) is 0 Å². The second-order valence-electron chi connectivity index (χ2n) is 8.25. The first-order valence-corrected chi connectivity index (χ1v) is 11.0. The van der Waals surface area contributed by atoms with Gasteiger partial charge in [0.2, 0.25) is 5.91 Å². The van der Waals surface area contributed by atoms with Crippen LogP contribution in [0.1, 0.15) is 47.9 Å². The molecule has 2 bridgehead atoms. The summed E-state index contributed by atoms with van der Waals surface area (Å²) in [6.45, 7) is 4.30. The lowest BCUT2D eigenvalue weighted by Crippen LogP contribution is -2.49. The normalized spacial score (nSPS) is 23.9. The third kappa shape index (κ3) is 3.54. The Morgan fingerprint density at radius 1 is 1.25 bits per heavy atom. The number of amides is 2. The van der Waals surface area contributed by atoms with Gasteiger partial charge in [-0.2, -0.15) is 0 Å². The predicted octanol–water partition coefficient (Wildman–Crippen LogP) is 1.61. The Kier molecular flexibility index (Phi) is 6.23. The van der Waals surface area contributed by atoms with Crippen molar-refractivity contribution in [2.75, 3.05) is 13.2 Å². The molecule has 0 aliphatic carbocycles. The SMILES string of the molecule is C/C=C/c1ccc2n(c1=O)C[C@@H]1[C@@H](CO)[C@H](C(=O)NCCC)[C@H]2N1C(=O)c1ccncc1. The van der Waals surface area contributed by atoms with Gasteiger partial charge in [0.1, 0.15) is 0 Å². The third-order valence-corrected chi connectivity index (χ3v) is 6.43. The van der Waals surface area contributed by atoms with Crippen LogP contribution < -0.4 is 10.9 Å². The zero-order valence-corrected chi connectivity index (χ0v) is 18.3. The van der Waals surface area contributed by atoms with Gasteiger partial charge in [0, 0.05) is 54.8 Å².